The minimum Gasteiger partial charge on any atom is -0.257 e. The quantitative estimate of drug-likeness (QED) is 0.588. The van der Waals surface area contributed by atoms with E-state index in [1.54, 1.807) is 18.3 Å². The third-order valence-electron chi connectivity index (χ3n) is 0.988. The molecule has 1 aromatic heterocycles. The summed E-state index contributed by atoms with van der Waals surface area (Å²) in [7, 11) is 0. The summed E-state index contributed by atoms with van der Waals surface area (Å²) in [5, 5.41) is 7.51. The zero-order valence-electron chi connectivity index (χ0n) is 6.77. The Labute approximate surface area is 72.5 Å². The summed E-state index contributed by atoms with van der Waals surface area (Å²) in [5.41, 5.74) is 0.924. The molecule has 0 saturated heterocycles. The summed E-state index contributed by atoms with van der Waals surface area (Å²) in [4.78, 5) is 3.98. The number of rotatable bonds is 1. The highest BCUT2D eigenvalue weighted by atomic mass is 14.6. The van der Waals surface area contributed by atoms with Crippen LogP contribution in [0.5, 0.6) is 0 Å². The predicted molar refractivity (Wildman–Crippen MR) is 50.1 cm³/mol. The topological polar surface area (TPSA) is 36.7 Å². The Morgan fingerprint density at radius 1 is 1.42 bits per heavy atom. The Morgan fingerprint density at radius 3 is 2.33 bits per heavy atom. The van der Waals surface area contributed by atoms with Crippen LogP contribution >= 0.6 is 0 Å². The van der Waals surface area contributed by atoms with Crippen LogP contribution in [0.2, 0.25) is 0 Å². The second-order valence-electron chi connectivity index (χ2n) is 1.79. The van der Waals surface area contributed by atoms with Crippen molar-refractivity contribution >= 4 is 6.08 Å². The van der Waals surface area contributed by atoms with Crippen LogP contribution in [0.15, 0.2) is 43.6 Å². The molecule has 0 radical (unpaired) electrons. The van der Waals surface area contributed by atoms with Gasteiger partial charge >= 0.3 is 0 Å². The van der Waals surface area contributed by atoms with Gasteiger partial charge in [0.15, 0.2) is 0 Å². The van der Waals surface area contributed by atoms with Gasteiger partial charge in [0, 0.05) is 12.3 Å². The maximum atomic E-state index is 7.51. The molecule has 1 rings (SSSR count). The van der Waals surface area contributed by atoms with Crippen molar-refractivity contribution in [3.63, 3.8) is 0 Å². The SMILES string of the molecule is C=CC#N.C=Cc1ccccn1. The average Bonchev–Trinajstić information content (AvgIpc) is 2.19. The average molecular weight is 158 g/mol. The van der Waals surface area contributed by atoms with Crippen molar-refractivity contribution in [3.05, 3.63) is 49.3 Å². The van der Waals surface area contributed by atoms with Crippen LogP contribution in [0.1, 0.15) is 5.69 Å². The van der Waals surface area contributed by atoms with Gasteiger partial charge in [-0.2, -0.15) is 5.26 Å². The fourth-order valence-corrected chi connectivity index (χ4v) is 0.497. The van der Waals surface area contributed by atoms with Gasteiger partial charge in [-0.15, -0.1) is 0 Å². The number of pyridine rings is 1. The summed E-state index contributed by atoms with van der Waals surface area (Å²) >= 11 is 0. The van der Waals surface area contributed by atoms with Gasteiger partial charge in [-0.1, -0.05) is 19.2 Å². The van der Waals surface area contributed by atoms with E-state index in [0.717, 1.165) is 5.69 Å². The monoisotopic (exact) mass is 158 g/mol. The lowest BCUT2D eigenvalue weighted by Crippen LogP contribution is -1.73. The van der Waals surface area contributed by atoms with Crippen LogP contribution in [-0.2, 0) is 0 Å². The van der Waals surface area contributed by atoms with E-state index in [-0.39, 0.29) is 0 Å². The molecule has 0 aliphatic carbocycles. The molecule has 0 aliphatic rings. The molecule has 2 heteroatoms. The lowest BCUT2D eigenvalue weighted by atomic mass is 10.4. The molecule has 0 aliphatic heterocycles. The first-order chi connectivity index (χ1) is 5.85. The van der Waals surface area contributed by atoms with Crippen LogP contribution in [0, 0.1) is 11.3 Å². The maximum absolute atomic E-state index is 7.51. The third kappa shape index (κ3) is 4.95. The Balaban J connectivity index is 0.000000261. The molecule has 0 N–H and O–H groups in total. The third-order valence-corrected chi connectivity index (χ3v) is 0.988. The van der Waals surface area contributed by atoms with Crippen molar-refractivity contribution in [1.29, 1.82) is 5.26 Å². The van der Waals surface area contributed by atoms with Crippen LogP contribution < -0.4 is 0 Å². The van der Waals surface area contributed by atoms with E-state index in [2.05, 4.69) is 18.1 Å². The van der Waals surface area contributed by atoms with E-state index in [9.17, 15) is 0 Å². The van der Waals surface area contributed by atoms with E-state index >= 15 is 0 Å². The number of nitrogens with zero attached hydrogens (tertiary/aromatic N) is 2. The molecule has 0 amide bonds. The van der Waals surface area contributed by atoms with Crippen molar-refractivity contribution in [1.82, 2.24) is 4.98 Å². The van der Waals surface area contributed by atoms with Gasteiger partial charge < -0.3 is 0 Å². The highest BCUT2D eigenvalue weighted by molar-refractivity contribution is 5.40. The van der Waals surface area contributed by atoms with E-state index in [4.69, 9.17) is 5.26 Å². The van der Waals surface area contributed by atoms with Crippen molar-refractivity contribution in [2.75, 3.05) is 0 Å². The Hall–Kier alpha value is -1.88. The zero-order valence-corrected chi connectivity index (χ0v) is 6.77. The lowest BCUT2D eigenvalue weighted by molar-refractivity contribution is 1.30. The molecule has 0 saturated carbocycles. The molecule has 60 valence electrons. The predicted octanol–water partition coefficient (Wildman–Crippen LogP) is 2.42. The van der Waals surface area contributed by atoms with Gasteiger partial charge in [-0.3, -0.25) is 4.98 Å². The summed E-state index contributed by atoms with van der Waals surface area (Å²) < 4.78 is 0. The van der Waals surface area contributed by atoms with Gasteiger partial charge in [-0.05, 0) is 18.2 Å². The number of hydrogen-bond acceptors (Lipinski definition) is 2. The Kier molecular flexibility index (Phi) is 6.10. The van der Waals surface area contributed by atoms with Gasteiger partial charge in [0.05, 0.1) is 11.8 Å². The van der Waals surface area contributed by atoms with Gasteiger partial charge in [0.2, 0.25) is 0 Å². The minimum absolute atomic E-state index is 0.924. The van der Waals surface area contributed by atoms with E-state index in [1.807, 2.05) is 18.2 Å². The molecule has 0 unspecified atom stereocenters. The zero-order chi connectivity index (χ0) is 9.23. The van der Waals surface area contributed by atoms with E-state index in [0.29, 0.717) is 0 Å². The molecular formula is C10H10N2. The number of allylic oxidation sites excluding steroid dienone is 1. The Morgan fingerprint density at radius 2 is 2.08 bits per heavy atom. The summed E-state index contributed by atoms with van der Waals surface area (Å²) in [6.07, 6.45) is 4.65. The molecule has 0 spiro atoms. The first-order valence-electron chi connectivity index (χ1n) is 3.39. The molecular weight excluding hydrogens is 148 g/mol. The minimum atomic E-state index is 0.924. The number of aromatic nitrogens is 1. The first-order valence-corrected chi connectivity index (χ1v) is 3.39. The standard InChI is InChI=1S/C7H7N.C3H3N/c1-2-7-5-3-4-6-8-7;1-2-3-4/h2-6H,1H2;2H,1H2. The number of nitriles is 1. The van der Waals surface area contributed by atoms with Crippen LogP contribution in [0.4, 0.5) is 0 Å². The number of hydrogen-bond donors (Lipinski definition) is 0. The van der Waals surface area contributed by atoms with E-state index in [1.165, 1.54) is 6.08 Å². The molecule has 1 heterocycles. The largest absolute Gasteiger partial charge is 0.257 e. The molecule has 0 bridgehead atoms. The normalized spacial score (nSPS) is 6.92. The highest BCUT2D eigenvalue weighted by Gasteiger charge is 1.77. The molecule has 1 aromatic rings. The smallest absolute Gasteiger partial charge is 0.0905 e. The molecule has 2 nitrogen and oxygen atoms in total. The van der Waals surface area contributed by atoms with Crippen LogP contribution in [-0.4, -0.2) is 4.98 Å². The summed E-state index contributed by atoms with van der Waals surface area (Å²) in [6.45, 7) is 6.69. The van der Waals surface area contributed by atoms with Gasteiger partial charge in [-0.25, -0.2) is 0 Å². The van der Waals surface area contributed by atoms with Crippen molar-refractivity contribution in [2.45, 2.75) is 0 Å². The second-order valence-corrected chi connectivity index (χ2v) is 1.79. The van der Waals surface area contributed by atoms with Gasteiger partial charge in [0.25, 0.3) is 0 Å². The first kappa shape index (κ1) is 10.1. The van der Waals surface area contributed by atoms with Gasteiger partial charge in [0.1, 0.15) is 0 Å². The molecule has 12 heavy (non-hydrogen) atoms. The molecule has 0 aromatic carbocycles. The van der Waals surface area contributed by atoms with E-state index < -0.39 is 0 Å². The lowest BCUT2D eigenvalue weighted by Gasteiger charge is -1.84. The van der Waals surface area contributed by atoms with Crippen LogP contribution in [0.3, 0.4) is 0 Å². The van der Waals surface area contributed by atoms with Crippen molar-refractivity contribution in [2.24, 2.45) is 0 Å². The summed E-state index contributed by atoms with van der Waals surface area (Å²) in [5.74, 6) is 0. The summed E-state index contributed by atoms with van der Waals surface area (Å²) in [6, 6.07) is 7.42. The fourth-order valence-electron chi connectivity index (χ4n) is 0.497. The van der Waals surface area contributed by atoms with Crippen LogP contribution in [0.25, 0.3) is 6.08 Å². The molecule has 0 fully saturated rings. The molecule has 0 atom stereocenters. The van der Waals surface area contributed by atoms with Crippen molar-refractivity contribution in [3.8, 4) is 6.07 Å². The van der Waals surface area contributed by atoms with Crippen molar-refractivity contribution < 1.29 is 0 Å². The highest BCUT2D eigenvalue weighted by Crippen LogP contribution is 1.91. The second kappa shape index (κ2) is 7.23. The maximum Gasteiger partial charge on any atom is 0.0905 e. The Bertz CT molecular complexity index is 270. The fraction of sp³-hybridized carbons (Fsp3) is 0.